The molecule has 6 aliphatic carbocycles. The smallest absolute Gasteiger partial charge is 0.416 e. The van der Waals surface area contributed by atoms with Gasteiger partial charge < -0.3 is 24.4 Å². The lowest BCUT2D eigenvalue weighted by molar-refractivity contribution is -0.166. The lowest BCUT2D eigenvalue weighted by atomic mass is 9.32. The second kappa shape index (κ2) is 12.0. The van der Waals surface area contributed by atoms with Crippen molar-refractivity contribution in [1.82, 2.24) is 9.97 Å². The fraction of sp³-hybridized carbons (Fsp3) is 0.476. The number of aromatic nitrogens is 2. The van der Waals surface area contributed by atoms with E-state index in [1.165, 1.54) is 30.0 Å². The zero-order valence-corrected chi connectivity index (χ0v) is 31.8. The molecule has 3 saturated carbocycles. The molecular weight excluding hydrogens is 737 g/mol. The molecule has 6 aliphatic rings. The maximum atomic E-state index is 15.0. The molecule has 2 bridgehead atoms. The molecule has 2 aromatic carbocycles. The van der Waals surface area contributed by atoms with E-state index in [4.69, 9.17) is 25.7 Å². The van der Waals surface area contributed by atoms with Gasteiger partial charge in [-0.3, -0.25) is 4.79 Å². The summed E-state index contributed by atoms with van der Waals surface area (Å²) in [6.45, 7) is 4.50. The van der Waals surface area contributed by atoms with Gasteiger partial charge >= 0.3 is 6.18 Å². The summed E-state index contributed by atoms with van der Waals surface area (Å²) >= 11 is 7.87. The number of ketones is 1. The number of allylic oxidation sites excluding steroid dienone is 4. The van der Waals surface area contributed by atoms with E-state index in [1.54, 1.807) is 7.11 Å². The van der Waals surface area contributed by atoms with E-state index in [-0.39, 0.29) is 45.1 Å². The maximum absolute atomic E-state index is 15.0. The summed E-state index contributed by atoms with van der Waals surface area (Å²) in [7, 11) is 1.62. The topological polar surface area (TPSA) is 109 Å². The van der Waals surface area contributed by atoms with E-state index >= 15 is 0 Å². The Balaban J connectivity index is 1.09. The first kappa shape index (κ1) is 36.1. The number of aliphatic hydroxyl groups excluding tert-OH is 1. The van der Waals surface area contributed by atoms with Crippen LogP contribution < -0.4 is 4.74 Å². The van der Waals surface area contributed by atoms with Gasteiger partial charge in [-0.15, -0.1) is 0 Å². The molecule has 54 heavy (non-hydrogen) atoms. The van der Waals surface area contributed by atoms with Crippen LogP contribution in [0.15, 0.2) is 81.9 Å². The number of nitrogens with one attached hydrogen (secondary N) is 1. The number of H-pyrrole nitrogens is 1. The molecule has 4 aromatic rings. The molecule has 0 amide bonds. The first-order chi connectivity index (χ1) is 25.6. The number of carbonyl (C=O) groups excluding carboxylic acids is 1. The Hall–Kier alpha value is -3.51. The Labute approximate surface area is 320 Å². The molecule has 0 saturated heterocycles. The number of hydrogen-bond acceptors (Lipinski definition) is 7. The summed E-state index contributed by atoms with van der Waals surface area (Å²) in [6.07, 6.45) is 6.27. The molecule has 2 heterocycles. The number of furan rings is 1. The van der Waals surface area contributed by atoms with Gasteiger partial charge in [0.15, 0.2) is 10.9 Å². The Morgan fingerprint density at radius 1 is 1.04 bits per heavy atom. The Bertz CT molecular complexity index is 2270. The number of hydrogen-bond donors (Lipinski definition) is 3. The van der Waals surface area contributed by atoms with Crippen LogP contribution in [0.2, 0.25) is 5.02 Å². The van der Waals surface area contributed by atoms with Crippen LogP contribution >= 0.6 is 23.4 Å². The maximum Gasteiger partial charge on any atom is 0.416 e. The zero-order valence-electron chi connectivity index (χ0n) is 30.2. The second-order valence-corrected chi connectivity index (χ2v) is 18.1. The Morgan fingerprint density at radius 3 is 2.57 bits per heavy atom. The summed E-state index contributed by atoms with van der Waals surface area (Å²) in [6, 6.07) is 11.7. The number of imidazole rings is 1. The van der Waals surface area contributed by atoms with Crippen LogP contribution in [0.1, 0.15) is 74.9 Å². The molecule has 3 fully saturated rings. The van der Waals surface area contributed by atoms with Crippen molar-refractivity contribution in [3.8, 4) is 17.1 Å². The lowest BCUT2D eigenvalue weighted by Gasteiger charge is -2.71. The molecule has 2 spiro atoms. The summed E-state index contributed by atoms with van der Waals surface area (Å²) in [5, 5.41) is 24.5. The molecule has 8 atom stereocenters. The predicted molar refractivity (Wildman–Crippen MR) is 200 cm³/mol. The fourth-order valence-electron chi connectivity index (χ4n) is 11.6. The van der Waals surface area contributed by atoms with Gasteiger partial charge in [-0.1, -0.05) is 55.4 Å². The summed E-state index contributed by atoms with van der Waals surface area (Å²) in [4.78, 5) is 23.1. The highest BCUT2D eigenvalue weighted by Gasteiger charge is 2.74. The molecule has 10 rings (SSSR count). The van der Waals surface area contributed by atoms with Gasteiger partial charge in [0, 0.05) is 39.2 Å². The minimum atomic E-state index is -4.58. The first-order valence-corrected chi connectivity index (χ1v) is 19.9. The highest BCUT2D eigenvalue weighted by atomic mass is 35.5. The molecular formula is C42H42ClF3N2O5S. The number of carbonyl (C=O) groups is 1. The van der Waals surface area contributed by atoms with Crippen LogP contribution in [-0.2, 0) is 6.18 Å². The number of Topliss-reactive ketones (excluding diaryl/α,β-unsaturated/α-hetero) is 1. The summed E-state index contributed by atoms with van der Waals surface area (Å²) in [5.74, 6) is 0.887. The van der Waals surface area contributed by atoms with Gasteiger partial charge in [0.1, 0.15) is 11.5 Å². The van der Waals surface area contributed by atoms with Crippen molar-refractivity contribution in [1.29, 1.82) is 0 Å². The average molecular weight is 779 g/mol. The highest BCUT2D eigenvalue weighted by Crippen LogP contribution is 2.78. The number of aliphatic hydroxyl groups is 2. The van der Waals surface area contributed by atoms with Gasteiger partial charge in [0.25, 0.3) is 0 Å². The zero-order chi connectivity index (χ0) is 38.1. The predicted octanol–water partition coefficient (Wildman–Crippen LogP) is 10.1. The number of methoxy groups -OCH3 is 1. The number of alkyl halides is 3. The second-order valence-electron chi connectivity index (χ2n) is 16.7. The van der Waals surface area contributed by atoms with E-state index in [0.717, 1.165) is 48.2 Å². The van der Waals surface area contributed by atoms with Crippen molar-refractivity contribution in [2.45, 2.75) is 81.8 Å². The SMILES string of the molecule is COc1ccc2nc(SC[C@]3(O)CC[C@H]4[C@]56C=C[C@@]7(C=C5C(=O)c5ccc(-c8cc(C(F)(F)F)ccc8Cl)o5)CC(O)CC[C@]7(C)[C@H]6CC[C@@]43C)[nH]c2c1. The number of benzene rings is 2. The van der Waals surface area contributed by atoms with E-state index in [0.29, 0.717) is 42.2 Å². The van der Waals surface area contributed by atoms with Gasteiger partial charge in [-0.05, 0) is 105 Å². The largest absolute Gasteiger partial charge is 0.497 e. The number of rotatable bonds is 7. The molecule has 12 heteroatoms. The summed E-state index contributed by atoms with van der Waals surface area (Å²) in [5.41, 5.74) is -1.68. The first-order valence-electron chi connectivity index (χ1n) is 18.6. The van der Waals surface area contributed by atoms with E-state index < -0.39 is 39.7 Å². The van der Waals surface area contributed by atoms with E-state index in [2.05, 4.69) is 37.1 Å². The number of halogens is 4. The van der Waals surface area contributed by atoms with Crippen molar-refractivity contribution in [3.63, 3.8) is 0 Å². The fourth-order valence-corrected chi connectivity index (χ4v) is 13.0. The van der Waals surface area contributed by atoms with Crippen LogP contribution in [0.25, 0.3) is 22.4 Å². The van der Waals surface area contributed by atoms with Crippen LogP contribution in [0.4, 0.5) is 13.2 Å². The summed E-state index contributed by atoms with van der Waals surface area (Å²) < 4.78 is 52.4. The molecule has 3 N–H and O–H groups in total. The minimum absolute atomic E-state index is 0.0193. The van der Waals surface area contributed by atoms with Crippen molar-refractivity contribution < 1.29 is 37.3 Å². The van der Waals surface area contributed by atoms with Gasteiger partial charge in [-0.25, -0.2) is 4.98 Å². The quantitative estimate of drug-likeness (QED) is 0.0974. The molecule has 2 aromatic heterocycles. The van der Waals surface area contributed by atoms with Crippen LogP contribution in [-0.4, -0.2) is 50.5 Å². The molecule has 1 unspecified atom stereocenters. The number of ether oxygens (including phenoxy) is 1. The number of thioether (sulfide) groups is 1. The number of nitrogens with zero attached hydrogens (tertiary/aromatic N) is 1. The van der Waals surface area contributed by atoms with Crippen molar-refractivity contribution in [2.75, 3.05) is 12.9 Å². The van der Waals surface area contributed by atoms with Crippen molar-refractivity contribution in [2.24, 2.45) is 33.5 Å². The molecule has 0 aliphatic heterocycles. The van der Waals surface area contributed by atoms with Gasteiger partial charge in [0.2, 0.25) is 5.78 Å². The third-order valence-electron chi connectivity index (χ3n) is 14.5. The van der Waals surface area contributed by atoms with Gasteiger partial charge in [-0.2, -0.15) is 13.2 Å². The third-order valence-corrected chi connectivity index (χ3v) is 15.9. The standard InChI is InChI=1S/C42H42ClF3N2O5S/c1-37-13-10-24(49)20-39(37)16-17-41(27(21-39)35(50)32-9-8-31(53-32)26-18-23(42(44,45)46)4-6-28(26)43)33(37)11-14-38(2)34(41)12-15-40(38,51)22-54-36-47-29-7-5-25(52-3)19-30(29)48-36/h4-9,16-19,21,24,33-34,49,51H,10-15,20,22H2,1-3H3,(H,47,48)/t24?,33-,34-,37-,38+,39+,40-,41-/m1/s1. The minimum Gasteiger partial charge on any atom is -0.497 e. The van der Waals surface area contributed by atoms with Crippen LogP contribution in [0.5, 0.6) is 5.75 Å². The normalized spacial score (nSPS) is 35.4. The Kier molecular flexibility index (Phi) is 8.03. The molecule has 7 nitrogen and oxygen atoms in total. The molecule has 0 radical (unpaired) electrons. The van der Waals surface area contributed by atoms with Crippen molar-refractivity contribution >= 4 is 40.2 Å². The van der Waals surface area contributed by atoms with E-state index in [9.17, 15) is 28.2 Å². The van der Waals surface area contributed by atoms with Crippen molar-refractivity contribution in [3.05, 3.63) is 88.7 Å². The van der Waals surface area contributed by atoms with Crippen LogP contribution in [0, 0.1) is 33.5 Å². The monoisotopic (exact) mass is 778 g/mol. The highest BCUT2D eigenvalue weighted by molar-refractivity contribution is 7.99. The Morgan fingerprint density at radius 2 is 1.80 bits per heavy atom. The lowest BCUT2D eigenvalue weighted by Crippen LogP contribution is -2.67. The van der Waals surface area contributed by atoms with Gasteiger partial charge in [0.05, 0.1) is 40.4 Å². The third kappa shape index (κ3) is 4.96. The van der Waals surface area contributed by atoms with Crippen LogP contribution in [0.3, 0.4) is 0 Å². The van der Waals surface area contributed by atoms with E-state index in [1.807, 2.05) is 18.2 Å². The average Bonchev–Trinajstić information content (AvgIpc) is 3.86. The number of aromatic amines is 1. The molecule has 284 valence electrons. The number of fused-ring (bicyclic) bond motifs is 2.